The molecule has 0 unspecified atom stereocenters. The predicted octanol–water partition coefficient (Wildman–Crippen LogP) is 2.61. The zero-order chi connectivity index (χ0) is 11.0. The van der Waals surface area contributed by atoms with Gasteiger partial charge in [0.1, 0.15) is 4.88 Å². The molecule has 0 amide bonds. The van der Waals surface area contributed by atoms with Gasteiger partial charge in [-0.25, -0.2) is 4.79 Å². The highest BCUT2D eigenvalue weighted by molar-refractivity contribution is 7.18. The molecule has 1 aromatic rings. The first kappa shape index (κ1) is 10.5. The van der Waals surface area contributed by atoms with Gasteiger partial charge in [-0.3, -0.25) is 0 Å². The minimum atomic E-state index is -0.807. The predicted molar refractivity (Wildman–Crippen MR) is 62.1 cm³/mol. The van der Waals surface area contributed by atoms with E-state index in [-0.39, 0.29) is 0 Å². The molecule has 3 nitrogen and oxygen atoms in total. The van der Waals surface area contributed by atoms with E-state index in [2.05, 4.69) is 18.7 Å². The number of hydrogen-bond acceptors (Lipinski definition) is 3. The van der Waals surface area contributed by atoms with Crippen LogP contribution in [0.1, 0.15) is 35.5 Å². The summed E-state index contributed by atoms with van der Waals surface area (Å²) in [7, 11) is 0. The van der Waals surface area contributed by atoms with Crippen LogP contribution in [-0.2, 0) is 6.42 Å². The summed E-state index contributed by atoms with van der Waals surface area (Å²) in [6.45, 7) is 5.34. The number of aromatic carboxylic acids is 1. The van der Waals surface area contributed by atoms with Gasteiger partial charge < -0.3 is 10.0 Å². The molecule has 0 saturated carbocycles. The fourth-order valence-electron chi connectivity index (χ4n) is 1.98. The molecule has 2 heterocycles. The van der Waals surface area contributed by atoms with Gasteiger partial charge in [0, 0.05) is 12.6 Å². The number of rotatable bonds is 2. The second-order valence-electron chi connectivity index (χ2n) is 4.14. The molecule has 82 valence electrons. The van der Waals surface area contributed by atoms with Crippen molar-refractivity contribution in [2.75, 3.05) is 11.4 Å². The fraction of sp³-hybridized carbons (Fsp3) is 0.545. The van der Waals surface area contributed by atoms with Gasteiger partial charge in [-0.15, -0.1) is 11.3 Å². The van der Waals surface area contributed by atoms with Crippen molar-refractivity contribution >= 4 is 22.3 Å². The van der Waals surface area contributed by atoms with E-state index < -0.39 is 5.97 Å². The van der Waals surface area contributed by atoms with Gasteiger partial charge >= 0.3 is 5.97 Å². The van der Waals surface area contributed by atoms with Crippen molar-refractivity contribution in [1.29, 1.82) is 0 Å². The Morgan fingerprint density at radius 3 is 2.93 bits per heavy atom. The Bertz CT molecular complexity index is 384. The lowest BCUT2D eigenvalue weighted by Crippen LogP contribution is -2.34. The first-order valence-corrected chi connectivity index (χ1v) is 6.04. The third kappa shape index (κ3) is 1.86. The summed E-state index contributed by atoms with van der Waals surface area (Å²) >= 11 is 1.41. The number of anilines is 1. The van der Waals surface area contributed by atoms with E-state index in [4.69, 9.17) is 5.11 Å². The zero-order valence-electron chi connectivity index (χ0n) is 8.99. The van der Waals surface area contributed by atoms with E-state index in [1.165, 1.54) is 16.9 Å². The standard InChI is InChI=1S/C11H15NO2S/c1-7(2)12-5-3-4-8-6-9(11(13)14)15-10(8)12/h6-7H,3-5H2,1-2H3,(H,13,14). The number of aryl methyl sites for hydroxylation is 1. The van der Waals surface area contributed by atoms with Crippen LogP contribution in [0.5, 0.6) is 0 Å². The summed E-state index contributed by atoms with van der Waals surface area (Å²) in [5, 5.41) is 10.1. The van der Waals surface area contributed by atoms with Crippen LogP contribution in [0.15, 0.2) is 6.07 Å². The van der Waals surface area contributed by atoms with Crippen molar-refractivity contribution in [3.8, 4) is 0 Å². The summed E-state index contributed by atoms with van der Waals surface area (Å²) in [6.07, 6.45) is 2.14. The molecule has 15 heavy (non-hydrogen) atoms. The van der Waals surface area contributed by atoms with E-state index >= 15 is 0 Å². The zero-order valence-corrected chi connectivity index (χ0v) is 9.80. The fourth-order valence-corrected chi connectivity index (χ4v) is 3.19. The summed E-state index contributed by atoms with van der Waals surface area (Å²) < 4.78 is 0. The second-order valence-corrected chi connectivity index (χ2v) is 5.17. The Morgan fingerprint density at radius 1 is 1.60 bits per heavy atom. The van der Waals surface area contributed by atoms with Crippen LogP contribution in [0.3, 0.4) is 0 Å². The highest BCUT2D eigenvalue weighted by Gasteiger charge is 2.23. The number of nitrogens with zero attached hydrogens (tertiary/aromatic N) is 1. The lowest BCUT2D eigenvalue weighted by molar-refractivity contribution is 0.0702. The third-order valence-electron chi connectivity index (χ3n) is 2.73. The van der Waals surface area contributed by atoms with E-state index in [0.29, 0.717) is 10.9 Å². The van der Waals surface area contributed by atoms with Crippen molar-refractivity contribution in [3.63, 3.8) is 0 Å². The summed E-state index contributed by atoms with van der Waals surface area (Å²) in [5.41, 5.74) is 1.21. The highest BCUT2D eigenvalue weighted by Crippen LogP contribution is 2.36. The van der Waals surface area contributed by atoms with Gasteiger partial charge in [-0.1, -0.05) is 0 Å². The largest absolute Gasteiger partial charge is 0.477 e. The van der Waals surface area contributed by atoms with E-state index in [0.717, 1.165) is 24.4 Å². The molecule has 2 rings (SSSR count). The Morgan fingerprint density at radius 2 is 2.33 bits per heavy atom. The number of carbonyl (C=O) groups is 1. The van der Waals surface area contributed by atoms with Crippen LogP contribution in [0.25, 0.3) is 0 Å². The molecule has 0 saturated heterocycles. The first-order chi connectivity index (χ1) is 7.09. The molecule has 1 N–H and O–H groups in total. The van der Waals surface area contributed by atoms with Crippen LogP contribution in [0.4, 0.5) is 5.00 Å². The molecule has 1 aliphatic heterocycles. The molecule has 0 radical (unpaired) electrons. The van der Waals surface area contributed by atoms with Gasteiger partial charge in [0.2, 0.25) is 0 Å². The smallest absolute Gasteiger partial charge is 0.345 e. The topological polar surface area (TPSA) is 40.5 Å². The SMILES string of the molecule is CC(C)N1CCCc2cc(C(=O)O)sc21. The average molecular weight is 225 g/mol. The third-order valence-corrected chi connectivity index (χ3v) is 3.93. The van der Waals surface area contributed by atoms with Crippen molar-refractivity contribution in [2.45, 2.75) is 32.7 Å². The summed E-state index contributed by atoms with van der Waals surface area (Å²) in [4.78, 5) is 13.7. The van der Waals surface area contributed by atoms with Gasteiger partial charge in [-0.2, -0.15) is 0 Å². The van der Waals surface area contributed by atoms with Crippen LogP contribution < -0.4 is 4.90 Å². The average Bonchev–Trinajstić information content (AvgIpc) is 2.60. The molecule has 0 aliphatic carbocycles. The van der Waals surface area contributed by atoms with Crippen LogP contribution in [-0.4, -0.2) is 23.7 Å². The molecule has 1 aromatic heterocycles. The maximum Gasteiger partial charge on any atom is 0.345 e. The van der Waals surface area contributed by atoms with Gasteiger partial charge in [0.25, 0.3) is 0 Å². The maximum atomic E-state index is 10.9. The van der Waals surface area contributed by atoms with Crippen LogP contribution in [0.2, 0.25) is 0 Å². The molecule has 1 aliphatic rings. The maximum absolute atomic E-state index is 10.9. The molecule has 0 aromatic carbocycles. The first-order valence-electron chi connectivity index (χ1n) is 5.22. The molecular weight excluding hydrogens is 210 g/mol. The van der Waals surface area contributed by atoms with Crippen LogP contribution in [0, 0.1) is 0 Å². The molecule has 0 spiro atoms. The quantitative estimate of drug-likeness (QED) is 0.841. The number of carboxylic acids is 1. The normalized spacial score (nSPS) is 15.5. The Balaban J connectivity index is 2.38. The Labute approximate surface area is 93.3 Å². The van der Waals surface area contributed by atoms with Crippen molar-refractivity contribution < 1.29 is 9.90 Å². The van der Waals surface area contributed by atoms with E-state index in [9.17, 15) is 4.79 Å². The number of carboxylic acid groups (broad SMARTS) is 1. The van der Waals surface area contributed by atoms with Gasteiger partial charge in [-0.05, 0) is 38.3 Å². The molecule has 0 atom stereocenters. The Hall–Kier alpha value is -1.03. The van der Waals surface area contributed by atoms with Gasteiger partial charge in [0.15, 0.2) is 0 Å². The number of hydrogen-bond donors (Lipinski definition) is 1. The highest BCUT2D eigenvalue weighted by atomic mass is 32.1. The summed E-state index contributed by atoms with van der Waals surface area (Å²) in [5.74, 6) is -0.807. The van der Waals surface area contributed by atoms with Crippen molar-refractivity contribution in [1.82, 2.24) is 0 Å². The summed E-state index contributed by atoms with van der Waals surface area (Å²) in [6, 6.07) is 2.28. The monoisotopic (exact) mass is 225 g/mol. The lowest BCUT2D eigenvalue weighted by atomic mass is 10.1. The second kappa shape index (κ2) is 3.85. The van der Waals surface area contributed by atoms with Crippen molar-refractivity contribution in [2.24, 2.45) is 0 Å². The van der Waals surface area contributed by atoms with Crippen molar-refractivity contribution in [3.05, 3.63) is 16.5 Å². The number of thiophene rings is 1. The van der Waals surface area contributed by atoms with Gasteiger partial charge in [0.05, 0.1) is 5.00 Å². The van der Waals surface area contributed by atoms with E-state index in [1.54, 1.807) is 0 Å². The molecule has 0 fully saturated rings. The van der Waals surface area contributed by atoms with E-state index in [1.807, 2.05) is 6.07 Å². The minimum Gasteiger partial charge on any atom is -0.477 e. The van der Waals surface area contributed by atoms with Crippen LogP contribution >= 0.6 is 11.3 Å². The minimum absolute atomic E-state index is 0.448. The number of fused-ring (bicyclic) bond motifs is 1. The Kier molecular flexibility index (Phi) is 2.69. The molecule has 0 bridgehead atoms. The lowest BCUT2D eigenvalue weighted by Gasteiger charge is -2.32. The molecular formula is C11H15NO2S. The molecule has 4 heteroatoms.